The summed E-state index contributed by atoms with van der Waals surface area (Å²) < 4.78 is 18.4. The first-order valence-corrected chi connectivity index (χ1v) is 10.5. The van der Waals surface area contributed by atoms with E-state index < -0.39 is 24.3 Å². The van der Waals surface area contributed by atoms with Crippen LogP contribution >= 0.6 is 0 Å². The Labute approximate surface area is 195 Å². The molecule has 4 rings (SSSR count). The van der Waals surface area contributed by atoms with Gasteiger partial charge in [-0.05, 0) is 47.5 Å². The Hall–Kier alpha value is -4.33. The summed E-state index contributed by atoms with van der Waals surface area (Å²) in [7, 11) is 1.54. The number of benzene rings is 3. The Morgan fingerprint density at radius 3 is 2.15 bits per heavy atom. The molecule has 0 saturated carbocycles. The number of rotatable bonds is 7. The highest BCUT2D eigenvalue weighted by atomic mass is 19.1. The van der Waals surface area contributed by atoms with Crippen molar-refractivity contribution in [3.8, 4) is 0 Å². The van der Waals surface area contributed by atoms with Crippen LogP contribution in [-0.4, -0.2) is 47.1 Å². The fraction of sp³-hybridized carbons (Fsp3) is 0.154. The molecule has 3 amide bonds. The number of ether oxygens (including phenoxy) is 1. The zero-order chi connectivity index (χ0) is 24.2. The number of imide groups is 1. The van der Waals surface area contributed by atoms with Crippen LogP contribution in [0.4, 0.5) is 4.39 Å². The van der Waals surface area contributed by atoms with Crippen molar-refractivity contribution in [2.45, 2.75) is 13.1 Å². The first-order chi connectivity index (χ1) is 16.3. The number of fused-ring (bicyclic) bond motifs is 1. The average molecular weight is 460 g/mol. The molecule has 0 aromatic heterocycles. The lowest BCUT2D eigenvalue weighted by Gasteiger charge is -2.17. The van der Waals surface area contributed by atoms with Gasteiger partial charge in [-0.15, -0.1) is 0 Å². The highest BCUT2D eigenvalue weighted by Crippen LogP contribution is 2.24. The molecule has 0 fully saturated rings. The number of hydrogen-bond acceptors (Lipinski definition) is 5. The molecule has 0 atom stereocenters. The number of likely N-dealkylation sites (N-methyl/N-ethyl adjacent to an activating group) is 1. The minimum Gasteiger partial charge on any atom is -0.452 e. The summed E-state index contributed by atoms with van der Waals surface area (Å²) in [5, 5.41) is 0. The summed E-state index contributed by atoms with van der Waals surface area (Å²) in [6, 6.07) is 18.8. The van der Waals surface area contributed by atoms with Gasteiger partial charge in [0.2, 0.25) is 0 Å². The summed E-state index contributed by atoms with van der Waals surface area (Å²) >= 11 is 0. The fourth-order valence-electron chi connectivity index (χ4n) is 3.63. The van der Waals surface area contributed by atoms with E-state index in [1.807, 2.05) is 0 Å². The molecule has 172 valence electrons. The minimum atomic E-state index is -0.681. The maximum Gasteiger partial charge on any atom is 0.338 e. The fourth-order valence-corrected chi connectivity index (χ4v) is 3.63. The van der Waals surface area contributed by atoms with Crippen LogP contribution in [0.25, 0.3) is 0 Å². The summed E-state index contributed by atoms with van der Waals surface area (Å²) in [5.74, 6) is -2.22. The first kappa shape index (κ1) is 22.8. The van der Waals surface area contributed by atoms with E-state index in [0.717, 1.165) is 4.90 Å². The minimum absolute atomic E-state index is 0.0744. The van der Waals surface area contributed by atoms with Crippen LogP contribution in [0.3, 0.4) is 0 Å². The monoisotopic (exact) mass is 460 g/mol. The van der Waals surface area contributed by atoms with Crippen molar-refractivity contribution in [3.63, 3.8) is 0 Å². The van der Waals surface area contributed by atoms with Crippen molar-refractivity contribution < 1.29 is 28.3 Å². The van der Waals surface area contributed by atoms with Crippen molar-refractivity contribution in [2.24, 2.45) is 0 Å². The maximum absolute atomic E-state index is 13.3. The highest BCUT2D eigenvalue weighted by Gasteiger charge is 2.34. The lowest BCUT2D eigenvalue weighted by Crippen LogP contribution is -2.30. The summed E-state index contributed by atoms with van der Waals surface area (Å²) in [4.78, 5) is 52.1. The molecule has 3 aromatic carbocycles. The second-order valence-corrected chi connectivity index (χ2v) is 7.89. The molecule has 3 aromatic rings. The van der Waals surface area contributed by atoms with Gasteiger partial charge in [0.05, 0.1) is 23.2 Å². The van der Waals surface area contributed by atoms with Gasteiger partial charge in [0.1, 0.15) is 5.82 Å². The number of esters is 1. The molecule has 0 aliphatic carbocycles. The van der Waals surface area contributed by atoms with Crippen LogP contribution in [0.1, 0.15) is 42.2 Å². The first-order valence-electron chi connectivity index (χ1n) is 10.5. The molecule has 0 N–H and O–H groups in total. The topological polar surface area (TPSA) is 84.0 Å². The molecular weight excluding hydrogens is 439 g/mol. The number of nitrogens with zero attached hydrogens (tertiary/aromatic N) is 2. The Kier molecular flexibility index (Phi) is 6.49. The third-order valence-electron chi connectivity index (χ3n) is 5.47. The zero-order valence-corrected chi connectivity index (χ0v) is 18.4. The number of hydrogen-bond donors (Lipinski definition) is 0. The van der Waals surface area contributed by atoms with E-state index in [1.165, 1.54) is 36.2 Å². The quantitative estimate of drug-likeness (QED) is 0.398. The van der Waals surface area contributed by atoms with Gasteiger partial charge < -0.3 is 9.64 Å². The normalized spacial score (nSPS) is 12.5. The number of amides is 3. The molecule has 1 aliphatic rings. The molecule has 0 unspecified atom stereocenters. The van der Waals surface area contributed by atoms with Crippen LogP contribution < -0.4 is 0 Å². The molecule has 7 nitrogen and oxygen atoms in total. The summed E-state index contributed by atoms with van der Waals surface area (Å²) in [5.41, 5.74) is 2.26. The molecule has 0 bridgehead atoms. The Morgan fingerprint density at radius 1 is 0.882 bits per heavy atom. The van der Waals surface area contributed by atoms with Gasteiger partial charge in [0, 0.05) is 13.6 Å². The summed E-state index contributed by atoms with van der Waals surface area (Å²) in [6.07, 6.45) is 0. The number of carbonyl (C=O) groups excluding carboxylic acids is 4. The largest absolute Gasteiger partial charge is 0.452 e. The average Bonchev–Trinajstić information content (AvgIpc) is 3.07. The van der Waals surface area contributed by atoms with Gasteiger partial charge >= 0.3 is 5.97 Å². The van der Waals surface area contributed by atoms with E-state index in [1.54, 1.807) is 48.5 Å². The number of carbonyl (C=O) groups is 4. The third kappa shape index (κ3) is 4.85. The number of halogens is 1. The van der Waals surface area contributed by atoms with Gasteiger partial charge in [0.15, 0.2) is 6.61 Å². The zero-order valence-electron chi connectivity index (χ0n) is 18.4. The molecular formula is C26H21FN2O5. The van der Waals surface area contributed by atoms with Gasteiger partial charge in [0.25, 0.3) is 17.7 Å². The lowest BCUT2D eigenvalue weighted by atomic mass is 10.1. The third-order valence-corrected chi connectivity index (χ3v) is 5.47. The molecule has 1 aliphatic heterocycles. The van der Waals surface area contributed by atoms with Crippen molar-refractivity contribution >= 4 is 23.7 Å². The van der Waals surface area contributed by atoms with Gasteiger partial charge in [-0.25, -0.2) is 9.18 Å². The van der Waals surface area contributed by atoms with E-state index in [-0.39, 0.29) is 30.5 Å². The van der Waals surface area contributed by atoms with Crippen LogP contribution in [0, 0.1) is 5.82 Å². The second-order valence-electron chi connectivity index (χ2n) is 7.89. The Balaban J connectivity index is 1.31. The standard InChI is InChI=1S/C26H21FN2O5/c1-28(14-18-5-4-6-20(27)13-18)23(30)16-34-26(33)19-11-9-17(10-12-19)15-29-24(31)21-7-2-3-8-22(21)25(29)32/h2-13H,14-16H2,1H3. The van der Waals surface area contributed by atoms with Crippen LogP contribution in [-0.2, 0) is 22.6 Å². The van der Waals surface area contributed by atoms with Crippen LogP contribution in [0.2, 0.25) is 0 Å². The molecule has 8 heteroatoms. The van der Waals surface area contributed by atoms with Crippen molar-refractivity contribution in [3.05, 3.63) is 106 Å². The van der Waals surface area contributed by atoms with Crippen molar-refractivity contribution in [1.29, 1.82) is 0 Å². The second kappa shape index (κ2) is 9.66. The van der Waals surface area contributed by atoms with E-state index in [4.69, 9.17) is 4.74 Å². The maximum atomic E-state index is 13.3. The Morgan fingerprint density at radius 2 is 1.53 bits per heavy atom. The molecule has 0 radical (unpaired) electrons. The van der Waals surface area contributed by atoms with Crippen molar-refractivity contribution in [2.75, 3.05) is 13.7 Å². The SMILES string of the molecule is CN(Cc1cccc(F)c1)C(=O)COC(=O)c1ccc(CN2C(=O)c3ccccc3C2=O)cc1. The van der Waals surface area contributed by atoms with E-state index in [9.17, 15) is 23.6 Å². The smallest absolute Gasteiger partial charge is 0.338 e. The van der Waals surface area contributed by atoms with Gasteiger partial charge in [-0.3, -0.25) is 19.3 Å². The Bertz CT molecular complexity index is 1240. The molecule has 1 heterocycles. The molecule has 0 spiro atoms. The van der Waals surface area contributed by atoms with E-state index in [0.29, 0.717) is 22.3 Å². The van der Waals surface area contributed by atoms with E-state index >= 15 is 0 Å². The van der Waals surface area contributed by atoms with Crippen LogP contribution in [0.5, 0.6) is 0 Å². The van der Waals surface area contributed by atoms with E-state index in [2.05, 4.69) is 0 Å². The van der Waals surface area contributed by atoms with Gasteiger partial charge in [-0.1, -0.05) is 36.4 Å². The molecule has 0 saturated heterocycles. The van der Waals surface area contributed by atoms with Crippen LogP contribution in [0.15, 0.2) is 72.8 Å². The lowest BCUT2D eigenvalue weighted by molar-refractivity contribution is -0.133. The highest BCUT2D eigenvalue weighted by molar-refractivity contribution is 6.21. The predicted molar refractivity (Wildman–Crippen MR) is 120 cm³/mol. The van der Waals surface area contributed by atoms with Gasteiger partial charge in [-0.2, -0.15) is 0 Å². The summed E-state index contributed by atoms with van der Waals surface area (Å²) in [6.45, 7) is -0.201. The van der Waals surface area contributed by atoms with Crippen molar-refractivity contribution in [1.82, 2.24) is 9.80 Å². The predicted octanol–water partition coefficient (Wildman–Crippen LogP) is 3.44. The molecule has 34 heavy (non-hydrogen) atoms.